The molecule has 5 heteroatoms. The lowest BCUT2D eigenvalue weighted by molar-refractivity contribution is -0.118. The molecule has 1 aliphatic heterocycles. The molecule has 2 aromatic rings. The Bertz CT molecular complexity index is 656. The zero-order valence-corrected chi connectivity index (χ0v) is 13.6. The number of rotatable bonds is 5. The first kappa shape index (κ1) is 15.7. The number of primary amides is 1. The van der Waals surface area contributed by atoms with Crippen LogP contribution in [0.15, 0.2) is 36.7 Å². The van der Waals surface area contributed by atoms with E-state index in [2.05, 4.69) is 41.2 Å². The average molecular weight is 312 g/mol. The Labute approximate surface area is 137 Å². The summed E-state index contributed by atoms with van der Waals surface area (Å²) in [6.45, 7) is 4.79. The van der Waals surface area contributed by atoms with E-state index in [0.717, 1.165) is 11.1 Å². The summed E-state index contributed by atoms with van der Waals surface area (Å²) in [6, 6.07) is 9.10. The standard InChI is InChI=1S/C18H24N4O/c1-14(21-9-3-2-4-10-21)15-5-7-16(8-6-15)17-11-20-22(12-17)13-18(19)23/h5-8,11-12,14H,2-4,9-10,13H2,1H3,(H2,19,23). The van der Waals surface area contributed by atoms with Gasteiger partial charge >= 0.3 is 0 Å². The van der Waals surface area contributed by atoms with Gasteiger partial charge in [0.25, 0.3) is 0 Å². The Kier molecular flexibility index (Phi) is 4.76. The summed E-state index contributed by atoms with van der Waals surface area (Å²) in [5.41, 5.74) is 8.65. The first-order valence-electron chi connectivity index (χ1n) is 8.28. The zero-order valence-electron chi connectivity index (χ0n) is 13.6. The van der Waals surface area contributed by atoms with Crippen molar-refractivity contribution in [2.45, 2.75) is 38.8 Å². The lowest BCUT2D eigenvalue weighted by Crippen LogP contribution is -2.32. The number of nitrogens with zero attached hydrogens (tertiary/aromatic N) is 3. The number of amides is 1. The van der Waals surface area contributed by atoms with E-state index >= 15 is 0 Å². The van der Waals surface area contributed by atoms with E-state index in [1.807, 2.05) is 6.20 Å². The fraction of sp³-hybridized carbons (Fsp3) is 0.444. The number of benzene rings is 1. The van der Waals surface area contributed by atoms with Gasteiger partial charge in [-0.1, -0.05) is 30.7 Å². The average Bonchev–Trinajstić information content (AvgIpc) is 3.03. The molecule has 1 fully saturated rings. The second-order valence-corrected chi connectivity index (χ2v) is 6.29. The van der Waals surface area contributed by atoms with Crippen LogP contribution in [0.25, 0.3) is 11.1 Å². The van der Waals surface area contributed by atoms with Gasteiger partial charge in [0.15, 0.2) is 0 Å². The van der Waals surface area contributed by atoms with E-state index in [9.17, 15) is 4.79 Å². The highest BCUT2D eigenvalue weighted by atomic mass is 16.1. The molecular weight excluding hydrogens is 288 g/mol. The van der Waals surface area contributed by atoms with E-state index in [1.54, 1.807) is 10.9 Å². The predicted octanol–water partition coefficient (Wildman–Crippen LogP) is 2.58. The minimum Gasteiger partial charge on any atom is -0.368 e. The zero-order chi connectivity index (χ0) is 16.2. The van der Waals surface area contributed by atoms with Gasteiger partial charge in [0.1, 0.15) is 6.54 Å². The van der Waals surface area contributed by atoms with Crippen LogP contribution in [0.1, 0.15) is 37.8 Å². The van der Waals surface area contributed by atoms with Crippen molar-refractivity contribution >= 4 is 5.91 Å². The highest BCUT2D eigenvalue weighted by Crippen LogP contribution is 2.26. The van der Waals surface area contributed by atoms with Crippen LogP contribution in [0.2, 0.25) is 0 Å². The molecule has 122 valence electrons. The maximum absolute atomic E-state index is 10.9. The number of piperidine rings is 1. The molecule has 1 atom stereocenters. The third-order valence-electron chi connectivity index (χ3n) is 4.62. The number of carbonyl (C=O) groups excluding carboxylic acids is 1. The summed E-state index contributed by atoms with van der Waals surface area (Å²) >= 11 is 0. The number of hydrogen-bond donors (Lipinski definition) is 1. The van der Waals surface area contributed by atoms with E-state index in [0.29, 0.717) is 6.04 Å². The Hall–Kier alpha value is -2.14. The molecule has 0 radical (unpaired) electrons. The third-order valence-corrected chi connectivity index (χ3v) is 4.62. The molecule has 1 unspecified atom stereocenters. The van der Waals surface area contributed by atoms with Crippen molar-refractivity contribution in [2.24, 2.45) is 5.73 Å². The fourth-order valence-electron chi connectivity index (χ4n) is 3.23. The van der Waals surface area contributed by atoms with Crippen molar-refractivity contribution in [3.63, 3.8) is 0 Å². The van der Waals surface area contributed by atoms with Crippen molar-refractivity contribution < 1.29 is 4.79 Å². The van der Waals surface area contributed by atoms with Gasteiger partial charge in [0.2, 0.25) is 5.91 Å². The Balaban J connectivity index is 1.71. The molecule has 1 aliphatic rings. The van der Waals surface area contributed by atoms with Gasteiger partial charge in [-0.2, -0.15) is 5.10 Å². The Morgan fingerprint density at radius 3 is 2.52 bits per heavy atom. The molecule has 0 saturated carbocycles. The molecular formula is C18H24N4O. The summed E-state index contributed by atoms with van der Waals surface area (Å²) in [6.07, 6.45) is 7.60. The van der Waals surface area contributed by atoms with Crippen LogP contribution in [0.5, 0.6) is 0 Å². The van der Waals surface area contributed by atoms with Crippen LogP contribution < -0.4 is 5.73 Å². The van der Waals surface area contributed by atoms with Crippen LogP contribution in [0.4, 0.5) is 0 Å². The SMILES string of the molecule is CC(c1ccc(-c2cnn(CC(N)=O)c2)cc1)N1CCCCC1. The monoisotopic (exact) mass is 312 g/mol. The van der Waals surface area contributed by atoms with Gasteiger partial charge in [-0.05, 0) is 44.0 Å². The van der Waals surface area contributed by atoms with Crippen molar-refractivity contribution in [1.29, 1.82) is 0 Å². The van der Waals surface area contributed by atoms with E-state index in [1.165, 1.54) is 37.9 Å². The topological polar surface area (TPSA) is 64.2 Å². The minimum absolute atomic E-state index is 0.115. The van der Waals surface area contributed by atoms with E-state index in [-0.39, 0.29) is 12.5 Å². The van der Waals surface area contributed by atoms with Crippen molar-refractivity contribution in [1.82, 2.24) is 14.7 Å². The van der Waals surface area contributed by atoms with Crippen LogP contribution in [0.3, 0.4) is 0 Å². The maximum Gasteiger partial charge on any atom is 0.239 e. The molecule has 3 rings (SSSR count). The van der Waals surface area contributed by atoms with Crippen LogP contribution >= 0.6 is 0 Å². The quantitative estimate of drug-likeness (QED) is 0.923. The molecule has 1 aromatic heterocycles. The second-order valence-electron chi connectivity index (χ2n) is 6.29. The molecule has 1 aromatic carbocycles. The molecule has 2 heterocycles. The van der Waals surface area contributed by atoms with Crippen molar-refractivity contribution in [3.05, 3.63) is 42.2 Å². The van der Waals surface area contributed by atoms with Gasteiger partial charge in [0, 0.05) is 17.8 Å². The predicted molar refractivity (Wildman–Crippen MR) is 90.7 cm³/mol. The highest BCUT2D eigenvalue weighted by molar-refractivity contribution is 5.73. The first-order valence-corrected chi connectivity index (χ1v) is 8.28. The maximum atomic E-state index is 10.9. The fourth-order valence-corrected chi connectivity index (χ4v) is 3.23. The number of aromatic nitrogens is 2. The molecule has 2 N–H and O–H groups in total. The smallest absolute Gasteiger partial charge is 0.239 e. The summed E-state index contributed by atoms with van der Waals surface area (Å²) in [4.78, 5) is 13.5. The summed E-state index contributed by atoms with van der Waals surface area (Å²) in [7, 11) is 0. The normalized spacial score (nSPS) is 17.1. The van der Waals surface area contributed by atoms with Crippen molar-refractivity contribution in [2.75, 3.05) is 13.1 Å². The van der Waals surface area contributed by atoms with Crippen LogP contribution in [-0.4, -0.2) is 33.7 Å². The van der Waals surface area contributed by atoms with Gasteiger partial charge < -0.3 is 5.73 Å². The molecule has 0 bridgehead atoms. The third kappa shape index (κ3) is 3.79. The number of nitrogens with two attached hydrogens (primary N) is 1. The molecule has 0 aliphatic carbocycles. The lowest BCUT2D eigenvalue weighted by atomic mass is 10.0. The van der Waals surface area contributed by atoms with Gasteiger partial charge in [-0.3, -0.25) is 14.4 Å². The Morgan fingerprint density at radius 2 is 1.87 bits per heavy atom. The summed E-state index contributed by atoms with van der Waals surface area (Å²) < 4.78 is 1.57. The highest BCUT2D eigenvalue weighted by Gasteiger charge is 2.18. The molecule has 5 nitrogen and oxygen atoms in total. The minimum atomic E-state index is -0.384. The molecule has 1 saturated heterocycles. The second kappa shape index (κ2) is 6.96. The van der Waals surface area contributed by atoms with Crippen molar-refractivity contribution in [3.8, 4) is 11.1 Å². The van der Waals surface area contributed by atoms with E-state index < -0.39 is 0 Å². The largest absolute Gasteiger partial charge is 0.368 e. The van der Waals surface area contributed by atoms with Crippen LogP contribution in [-0.2, 0) is 11.3 Å². The lowest BCUT2D eigenvalue weighted by Gasteiger charge is -2.32. The van der Waals surface area contributed by atoms with Gasteiger partial charge in [-0.25, -0.2) is 0 Å². The van der Waals surface area contributed by atoms with Gasteiger partial charge in [-0.15, -0.1) is 0 Å². The summed E-state index contributed by atoms with van der Waals surface area (Å²) in [5.74, 6) is -0.384. The number of carbonyl (C=O) groups is 1. The number of likely N-dealkylation sites (tertiary alicyclic amines) is 1. The molecule has 1 amide bonds. The Morgan fingerprint density at radius 1 is 1.17 bits per heavy atom. The molecule has 23 heavy (non-hydrogen) atoms. The van der Waals surface area contributed by atoms with Gasteiger partial charge in [0.05, 0.1) is 6.20 Å². The summed E-state index contributed by atoms with van der Waals surface area (Å²) in [5, 5.41) is 4.17. The molecule has 0 spiro atoms. The van der Waals surface area contributed by atoms with Crippen LogP contribution in [0, 0.1) is 0 Å². The first-order chi connectivity index (χ1) is 11.1. The number of hydrogen-bond acceptors (Lipinski definition) is 3. The van der Waals surface area contributed by atoms with E-state index in [4.69, 9.17) is 5.73 Å².